The molecule has 1 saturated carbocycles. The molecular weight excluding hydrogens is 204 g/mol. The summed E-state index contributed by atoms with van der Waals surface area (Å²) >= 11 is 1.83. The second-order valence-electron chi connectivity index (χ2n) is 4.45. The third-order valence-corrected chi connectivity index (χ3v) is 3.94. The average Bonchev–Trinajstić information content (AvgIpc) is 2.99. The second kappa shape index (κ2) is 5.08. The number of rotatable bonds is 6. The maximum atomic E-state index is 4.67. The Balaban J connectivity index is 1.73. The van der Waals surface area contributed by atoms with Gasteiger partial charge in [-0.2, -0.15) is 0 Å². The van der Waals surface area contributed by atoms with Gasteiger partial charge in [-0.05, 0) is 26.2 Å². The molecule has 0 bridgehead atoms. The van der Waals surface area contributed by atoms with Gasteiger partial charge >= 0.3 is 0 Å². The van der Waals surface area contributed by atoms with E-state index in [1.54, 1.807) is 0 Å². The van der Waals surface area contributed by atoms with Crippen molar-refractivity contribution in [3.8, 4) is 0 Å². The van der Waals surface area contributed by atoms with Crippen molar-refractivity contribution in [2.45, 2.75) is 51.5 Å². The van der Waals surface area contributed by atoms with Crippen LogP contribution in [0.4, 0.5) is 0 Å². The van der Waals surface area contributed by atoms with Crippen LogP contribution < -0.4 is 5.32 Å². The standard InChI is InChI=1S/C12H20N2S/c1-3-9(2)13-7-6-12-14-11(8-15-12)10-4-5-10/h8-10,13H,3-7H2,1-2H3. The summed E-state index contributed by atoms with van der Waals surface area (Å²) in [4.78, 5) is 4.67. The molecule has 0 aliphatic heterocycles. The predicted molar refractivity (Wildman–Crippen MR) is 65.5 cm³/mol. The van der Waals surface area contributed by atoms with Crippen LogP contribution in [-0.4, -0.2) is 17.6 Å². The van der Waals surface area contributed by atoms with Crippen LogP contribution in [0, 0.1) is 0 Å². The number of thiazole rings is 1. The van der Waals surface area contributed by atoms with E-state index in [2.05, 4.69) is 29.5 Å². The second-order valence-corrected chi connectivity index (χ2v) is 5.40. The molecule has 0 amide bonds. The first kappa shape index (κ1) is 11.1. The highest BCUT2D eigenvalue weighted by atomic mass is 32.1. The van der Waals surface area contributed by atoms with E-state index in [1.165, 1.54) is 30.0 Å². The van der Waals surface area contributed by atoms with Gasteiger partial charge in [0.15, 0.2) is 0 Å². The van der Waals surface area contributed by atoms with E-state index in [9.17, 15) is 0 Å². The van der Waals surface area contributed by atoms with E-state index in [4.69, 9.17) is 0 Å². The third-order valence-electron chi connectivity index (χ3n) is 3.01. The van der Waals surface area contributed by atoms with E-state index < -0.39 is 0 Å². The van der Waals surface area contributed by atoms with Crippen molar-refractivity contribution in [3.05, 3.63) is 16.1 Å². The highest BCUT2D eigenvalue weighted by Gasteiger charge is 2.25. The van der Waals surface area contributed by atoms with Crippen LogP contribution in [0.15, 0.2) is 5.38 Å². The van der Waals surface area contributed by atoms with Crippen LogP contribution in [0.3, 0.4) is 0 Å². The molecule has 1 aliphatic rings. The molecule has 1 aromatic heterocycles. The molecule has 2 nitrogen and oxygen atoms in total. The van der Waals surface area contributed by atoms with Crippen molar-refractivity contribution in [1.82, 2.24) is 10.3 Å². The van der Waals surface area contributed by atoms with Gasteiger partial charge in [-0.1, -0.05) is 6.92 Å². The van der Waals surface area contributed by atoms with Crippen molar-refractivity contribution >= 4 is 11.3 Å². The molecule has 1 unspecified atom stereocenters. The smallest absolute Gasteiger partial charge is 0.0941 e. The van der Waals surface area contributed by atoms with Gasteiger partial charge in [-0.25, -0.2) is 4.98 Å². The fraction of sp³-hybridized carbons (Fsp3) is 0.750. The minimum absolute atomic E-state index is 0.632. The SMILES string of the molecule is CCC(C)NCCc1nc(C2CC2)cs1. The number of hydrogen-bond donors (Lipinski definition) is 1. The van der Waals surface area contributed by atoms with E-state index in [1.807, 2.05) is 11.3 Å². The number of aromatic nitrogens is 1. The quantitative estimate of drug-likeness (QED) is 0.803. The van der Waals surface area contributed by atoms with Gasteiger partial charge in [0.2, 0.25) is 0 Å². The number of hydrogen-bond acceptors (Lipinski definition) is 3. The summed E-state index contributed by atoms with van der Waals surface area (Å²) in [5.41, 5.74) is 1.35. The molecule has 1 N–H and O–H groups in total. The molecule has 1 heterocycles. The summed E-state index contributed by atoms with van der Waals surface area (Å²) in [5, 5.41) is 7.05. The van der Waals surface area contributed by atoms with Crippen LogP contribution in [0.25, 0.3) is 0 Å². The fourth-order valence-electron chi connectivity index (χ4n) is 1.58. The summed E-state index contributed by atoms with van der Waals surface area (Å²) in [5.74, 6) is 0.803. The molecule has 3 heteroatoms. The normalized spacial score (nSPS) is 18.0. The van der Waals surface area contributed by atoms with Crippen LogP contribution in [-0.2, 0) is 6.42 Å². The van der Waals surface area contributed by atoms with Crippen molar-refractivity contribution < 1.29 is 0 Å². The zero-order valence-corrected chi connectivity index (χ0v) is 10.4. The van der Waals surface area contributed by atoms with Crippen molar-refractivity contribution in [2.75, 3.05) is 6.54 Å². The lowest BCUT2D eigenvalue weighted by molar-refractivity contribution is 0.537. The Morgan fingerprint density at radius 2 is 2.40 bits per heavy atom. The first-order chi connectivity index (χ1) is 7.29. The summed E-state index contributed by atoms with van der Waals surface area (Å²) in [6.45, 7) is 5.51. The van der Waals surface area contributed by atoms with Crippen molar-refractivity contribution in [2.24, 2.45) is 0 Å². The summed E-state index contributed by atoms with van der Waals surface area (Å²) < 4.78 is 0. The Hall–Kier alpha value is -0.410. The minimum atomic E-state index is 0.632. The van der Waals surface area contributed by atoms with E-state index >= 15 is 0 Å². The molecule has 0 radical (unpaired) electrons. The van der Waals surface area contributed by atoms with E-state index in [0.717, 1.165) is 18.9 Å². The Bertz CT molecular complexity index is 304. The molecule has 1 aliphatic carbocycles. The summed E-state index contributed by atoms with van der Waals surface area (Å²) in [6.07, 6.45) is 5.00. The summed E-state index contributed by atoms with van der Waals surface area (Å²) in [7, 11) is 0. The average molecular weight is 224 g/mol. The Labute approximate surface area is 96.1 Å². The zero-order chi connectivity index (χ0) is 10.7. The number of nitrogens with zero attached hydrogens (tertiary/aromatic N) is 1. The molecule has 0 spiro atoms. The fourth-order valence-corrected chi connectivity index (χ4v) is 2.46. The zero-order valence-electron chi connectivity index (χ0n) is 9.62. The van der Waals surface area contributed by atoms with Crippen LogP contribution >= 0.6 is 11.3 Å². The van der Waals surface area contributed by atoms with Crippen LogP contribution in [0.2, 0.25) is 0 Å². The van der Waals surface area contributed by atoms with Gasteiger partial charge in [-0.15, -0.1) is 11.3 Å². The highest BCUT2D eigenvalue weighted by molar-refractivity contribution is 7.09. The van der Waals surface area contributed by atoms with Crippen molar-refractivity contribution in [1.29, 1.82) is 0 Å². The molecule has 0 aromatic carbocycles. The van der Waals surface area contributed by atoms with Crippen LogP contribution in [0.1, 0.15) is 49.7 Å². The lowest BCUT2D eigenvalue weighted by atomic mass is 10.2. The number of nitrogens with one attached hydrogen (secondary N) is 1. The molecule has 1 fully saturated rings. The molecule has 1 aromatic rings. The summed E-state index contributed by atoms with van der Waals surface area (Å²) in [6, 6.07) is 0.632. The van der Waals surface area contributed by atoms with E-state index in [-0.39, 0.29) is 0 Å². The highest BCUT2D eigenvalue weighted by Crippen LogP contribution is 2.40. The van der Waals surface area contributed by atoms with Gasteiger partial charge in [0.05, 0.1) is 10.7 Å². The Kier molecular flexibility index (Phi) is 3.76. The maximum Gasteiger partial charge on any atom is 0.0941 e. The predicted octanol–water partition coefficient (Wildman–Crippen LogP) is 2.95. The Morgan fingerprint density at radius 1 is 1.60 bits per heavy atom. The first-order valence-electron chi connectivity index (χ1n) is 5.97. The Morgan fingerprint density at radius 3 is 3.07 bits per heavy atom. The van der Waals surface area contributed by atoms with Gasteiger partial charge in [-0.3, -0.25) is 0 Å². The molecule has 2 rings (SSSR count). The lowest BCUT2D eigenvalue weighted by Crippen LogP contribution is -2.27. The monoisotopic (exact) mass is 224 g/mol. The third kappa shape index (κ3) is 3.28. The minimum Gasteiger partial charge on any atom is -0.314 e. The molecule has 84 valence electrons. The van der Waals surface area contributed by atoms with E-state index in [0.29, 0.717) is 6.04 Å². The molecular formula is C12H20N2S. The maximum absolute atomic E-state index is 4.67. The van der Waals surface area contributed by atoms with Gasteiger partial charge in [0.1, 0.15) is 0 Å². The van der Waals surface area contributed by atoms with Gasteiger partial charge in [0, 0.05) is 30.3 Å². The largest absolute Gasteiger partial charge is 0.314 e. The lowest BCUT2D eigenvalue weighted by Gasteiger charge is -2.09. The molecule has 1 atom stereocenters. The van der Waals surface area contributed by atoms with Crippen LogP contribution in [0.5, 0.6) is 0 Å². The molecule has 0 saturated heterocycles. The van der Waals surface area contributed by atoms with Crippen molar-refractivity contribution in [3.63, 3.8) is 0 Å². The van der Waals surface area contributed by atoms with Gasteiger partial charge < -0.3 is 5.32 Å². The van der Waals surface area contributed by atoms with Gasteiger partial charge in [0.25, 0.3) is 0 Å². The first-order valence-corrected chi connectivity index (χ1v) is 6.85. The topological polar surface area (TPSA) is 24.9 Å². The molecule has 15 heavy (non-hydrogen) atoms.